The lowest BCUT2D eigenvalue weighted by molar-refractivity contribution is 1.41. The van der Waals surface area contributed by atoms with Crippen LogP contribution < -0.4 is 0 Å². The van der Waals surface area contributed by atoms with Gasteiger partial charge in [-0.15, -0.1) is 0 Å². The molecule has 1 radical (unpaired) electrons. The van der Waals surface area contributed by atoms with Crippen molar-refractivity contribution in [2.75, 3.05) is 5.75 Å². The summed E-state index contributed by atoms with van der Waals surface area (Å²) in [6, 6.07) is 5.59. The third kappa shape index (κ3) is 3.26. The van der Waals surface area contributed by atoms with Crippen molar-refractivity contribution in [3.05, 3.63) is 40.7 Å². The molecule has 1 rings (SSSR count). The van der Waals surface area contributed by atoms with Crippen molar-refractivity contribution in [3.8, 4) is 0 Å². The van der Waals surface area contributed by atoms with E-state index in [1.165, 1.54) is 0 Å². The van der Waals surface area contributed by atoms with Gasteiger partial charge in [0.2, 0.25) is 0 Å². The van der Waals surface area contributed by atoms with Gasteiger partial charge >= 0.3 is 0 Å². The first kappa shape index (κ1) is 10.2. The highest BCUT2D eigenvalue weighted by atomic mass is 35.5. The quantitative estimate of drug-likeness (QED) is 0.740. The first-order valence-corrected chi connectivity index (χ1v) is 5.45. The Labute approximate surface area is 87.3 Å². The number of halogens is 2. The van der Waals surface area contributed by atoms with E-state index in [4.69, 9.17) is 23.2 Å². The van der Waals surface area contributed by atoms with Gasteiger partial charge in [-0.25, -0.2) is 0 Å². The van der Waals surface area contributed by atoms with E-state index >= 15 is 0 Å². The molecule has 1 aromatic carbocycles. The van der Waals surface area contributed by atoms with Crippen molar-refractivity contribution >= 4 is 35.0 Å². The summed E-state index contributed by atoms with van der Waals surface area (Å²) in [5.41, 5.74) is 1.15. The van der Waals surface area contributed by atoms with Gasteiger partial charge in [-0.1, -0.05) is 23.2 Å². The molecule has 0 unspecified atom stereocenters. The second-order valence-electron chi connectivity index (χ2n) is 2.33. The first-order chi connectivity index (χ1) is 5.72. The van der Waals surface area contributed by atoms with E-state index in [1.807, 2.05) is 12.1 Å². The van der Waals surface area contributed by atoms with Gasteiger partial charge in [0.05, 0.1) is 0 Å². The van der Waals surface area contributed by atoms with Crippen molar-refractivity contribution in [1.29, 1.82) is 0 Å². The van der Waals surface area contributed by atoms with E-state index in [1.54, 1.807) is 17.8 Å². The summed E-state index contributed by atoms with van der Waals surface area (Å²) < 4.78 is 0. The molecule has 0 aliphatic heterocycles. The summed E-state index contributed by atoms with van der Waals surface area (Å²) in [5, 5.41) is 1.39. The van der Waals surface area contributed by atoms with Gasteiger partial charge in [-0.3, -0.25) is 0 Å². The van der Waals surface area contributed by atoms with E-state index in [-0.39, 0.29) is 0 Å². The molecule has 1 aromatic rings. The lowest BCUT2D eigenvalue weighted by Crippen LogP contribution is -1.81. The largest absolute Gasteiger partial charge is 0.157 e. The highest BCUT2D eigenvalue weighted by Crippen LogP contribution is 2.21. The fourth-order valence-electron chi connectivity index (χ4n) is 0.884. The van der Waals surface area contributed by atoms with Crippen molar-refractivity contribution < 1.29 is 0 Å². The van der Waals surface area contributed by atoms with Crippen LogP contribution in [0.15, 0.2) is 18.2 Å². The Morgan fingerprint density at radius 1 is 1.17 bits per heavy atom. The molecule has 0 amide bonds. The van der Waals surface area contributed by atoms with Gasteiger partial charge in [0, 0.05) is 15.8 Å². The molecule has 0 aliphatic rings. The molecule has 65 valence electrons. The second-order valence-corrected chi connectivity index (χ2v) is 4.31. The van der Waals surface area contributed by atoms with Crippen LogP contribution in [0.25, 0.3) is 0 Å². The predicted molar refractivity (Wildman–Crippen MR) is 58.0 cm³/mol. The normalized spacial score (nSPS) is 10.2. The maximum atomic E-state index is 5.82. The SMILES string of the molecule is [CH2]CSCc1cc(Cl)cc(Cl)c1. The molecular weight excluding hydrogens is 211 g/mol. The van der Waals surface area contributed by atoms with Crippen LogP contribution in [0.5, 0.6) is 0 Å². The summed E-state index contributed by atoms with van der Waals surface area (Å²) in [5.74, 6) is 1.79. The number of rotatable bonds is 3. The molecule has 0 fully saturated rings. The molecule has 0 bridgehead atoms. The zero-order valence-electron chi connectivity index (χ0n) is 6.52. The van der Waals surface area contributed by atoms with Gasteiger partial charge < -0.3 is 0 Å². The Bertz CT molecular complexity index is 240. The van der Waals surface area contributed by atoms with Crippen LogP contribution in [0.1, 0.15) is 5.56 Å². The van der Waals surface area contributed by atoms with Crippen LogP contribution in [-0.2, 0) is 5.75 Å². The Morgan fingerprint density at radius 2 is 1.75 bits per heavy atom. The van der Waals surface area contributed by atoms with Crippen LogP contribution >= 0.6 is 35.0 Å². The Balaban J connectivity index is 2.72. The van der Waals surface area contributed by atoms with Gasteiger partial charge in [0.1, 0.15) is 0 Å². The van der Waals surface area contributed by atoms with E-state index in [9.17, 15) is 0 Å². The minimum Gasteiger partial charge on any atom is -0.157 e. The lowest BCUT2D eigenvalue weighted by Gasteiger charge is -2.01. The highest BCUT2D eigenvalue weighted by molar-refractivity contribution is 7.98. The first-order valence-electron chi connectivity index (χ1n) is 3.54. The van der Waals surface area contributed by atoms with Crippen LogP contribution in [-0.4, -0.2) is 5.75 Å². The number of benzene rings is 1. The van der Waals surface area contributed by atoms with E-state index in [0.29, 0.717) is 10.0 Å². The Hall–Kier alpha value is 0.150. The third-order valence-electron chi connectivity index (χ3n) is 1.34. The lowest BCUT2D eigenvalue weighted by atomic mass is 10.2. The molecule has 0 spiro atoms. The molecule has 0 saturated carbocycles. The Morgan fingerprint density at radius 3 is 2.25 bits per heavy atom. The predicted octanol–water partition coefficient (Wildman–Crippen LogP) is 4.06. The van der Waals surface area contributed by atoms with Crippen LogP contribution in [0, 0.1) is 6.92 Å². The van der Waals surface area contributed by atoms with Crippen molar-refractivity contribution in [3.63, 3.8) is 0 Å². The fraction of sp³-hybridized carbons (Fsp3) is 0.222. The van der Waals surface area contributed by atoms with Gasteiger partial charge in [0.25, 0.3) is 0 Å². The molecule has 3 heteroatoms. The van der Waals surface area contributed by atoms with Crippen molar-refractivity contribution in [1.82, 2.24) is 0 Å². The summed E-state index contributed by atoms with van der Waals surface area (Å²) in [4.78, 5) is 0. The van der Waals surface area contributed by atoms with Gasteiger partial charge in [0.15, 0.2) is 0 Å². The van der Waals surface area contributed by atoms with E-state index in [0.717, 1.165) is 17.1 Å². The summed E-state index contributed by atoms with van der Waals surface area (Å²) in [6.45, 7) is 3.74. The zero-order chi connectivity index (χ0) is 8.97. The fourth-order valence-corrected chi connectivity index (χ4v) is 2.00. The molecule has 0 heterocycles. The summed E-state index contributed by atoms with van der Waals surface area (Å²) in [6.07, 6.45) is 0. The van der Waals surface area contributed by atoms with Crippen molar-refractivity contribution in [2.24, 2.45) is 0 Å². The molecule has 0 atom stereocenters. The van der Waals surface area contributed by atoms with Crippen LogP contribution in [0.3, 0.4) is 0 Å². The Kier molecular flexibility index (Phi) is 4.27. The average Bonchev–Trinajstić information content (AvgIpc) is 1.99. The maximum absolute atomic E-state index is 5.82. The number of hydrogen-bond acceptors (Lipinski definition) is 1. The molecular formula is C9H9Cl2S. The number of thioether (sulfide) groups is 1. The summed E-state index contributed by atoms with van der Waals surface area (Å²) in [7, 11) is 0. The average molecular weight is 220 g/mol. The molecule has 0 N–H and O–H groups in total. The van der Waals surface area contributed by atoms with Gasteiger partial charge in [-0.2, -0.15) is 11.8 Å². The third-order valence-corrected chi connectivity index (χ3v) is 2.60. The van der Waals surface area contributed by atoms with Crippen molar-refractivity contribution in [2.45, 2.75) is 5.75 Å². The minimum absolute atomic E-state index is 0.696. The standard InChI is InChI=1S/C9H9Cl2S/c1-2-12-6-7-3-8(10)5-9(11)4-7/h3-5H,1-2,6H2. The monoisotopic (exact) mass is 219 g/mol. The molecule has 0 aliphatic carbocycles. The smallest absolute Gasteiger partial charge is 0.0423 e. The molecule has 0 saturated heterocycles. The number of hydrogen-bond donors (Lipinski definition) is 0. The molecule has 0 aromatic heterocycles. The summed E-state index contributed by atoms with van der Waals surface area (Å²) >= 11 is 13.4. The minimum atomic E-state index is 0.696. The van der Waals surface area contributed by atoms with E-state index in [2.05, 4.69) is 6.92 Å². The highest BCUT2D eigenvalue weighted by Gasteiger charge is 1.97. The molecule has 12 heavy (non-hydrogen) atoms. The maximum Gasteiger partial charge on any atom is 0.0423 e. The van der Waals surface area contributed by atoms with Gasteiger partial charge in [-0.05, 0) is 36.4 Å². The van der Waals surface area contributed by atoms with Crippen LogP contribution in [0.4, 0.5) is 0 Å². The molecule has 0 nitrogen and oxygen atoms in total. The second kappa shape index (κ2) is 5.00. The van der Waals surface area contributed by atoms with Crippen LogP contribution in [0.2, 0.25) is 10.0 Å². The topological polar surface area (TPSA) is 0 Å². The van der Waals surface area contributed by atoms with E-state index < -0.39 is 0 Å². The zero-order valence-corrected chi connectivity index (χ0v) is 8.85.